The van der Waals surface area contributed by atoms with E-state index in [2.05, 4.69) is 10.6 Å². The number of amides is 2. The first-order valence-electron chi connectivity index (χ1n) is 25.2. The van der Waals surface area contributed by atoms with Crippen LogP contribution in [0.2, 0.25) is 0 Å². The van der Waals surface area contributed by atoms with Gasteiger partial charge in [-0.2, -0.15) is 0 Å². The fraction of sp³-hybridized carbons (Fsp3) is 0.483. The van der Waals surface area contributed by atoms with Gasteiger partial charge in [0.1, 0.15) is 83.9 Å². The monoisotopic (exact) mass is 1060 g/mol. The van der Waals surface area contributed by atoms with E-state index in [1.807, 2.05) is 60.7 Å². The summed E-state index contributed by atoms with van der Waals surface area (Å²) < 4.78 is 57.5. The maximum Gasteiger partial charge on any atom is 0.329 e. The molecule has 0 aliphatic heterocycles. The Morgan fingerprint density at radius 3 is 1.01 bits per heavy atom. The molecule has 2 N–H and O–H groups in total. The van der Waals surface area contributed by atoms with Gasteiger partial charge < -0.3 is 58.0 Å². The summed E-state index contributed by atoms with van der Waals surface area (Å²) in [5.41, 5.74) is -1.44. The number of ether oxygens (including phenoxy) is 10. The molecule has 0 fully saturated rings. The second kappa shape index (κ2) is 28.6. The highest BCUT2D eigenvalue weighted by atomic mass is 16.6. The Morgan fingerprint density at radius 2 is 0.697 bits per heavy atom. The van der Waals surface area contributed by atoms with Crippen molar-refractivity contribution in [2.24, 2.45) is 0 Å². The lowest BCUT2D eigenvalue weighted by molar-refractivity contribution is -0.164. The molecule has 0 radical (unpaired) electrons. The van der Waals surface area contributed by atoms with Crippen molar-refractivity contribution in [3.63, 3.8) is 0 Å². The molecule has 0 unspecified atom stereocenters. The smallest absolute Gasteiger partial charge is 0.329 e. The topological polar surface area (TPSA) is 219 Å². The molecule has 18 nitrogen and oxygen atoms in total. The number of benzene rings is 4. The van der Waals surface area contributed by atoms with Crippen LogP contribution in [0.3, 0.4) is 0 Å². The molecule has 2 amide bonds. The van der Waals surface area contributed by atoms with Crippen molar-refractivity contribution in [3.8, 4) is 23.0 Å². The second-order valence-electron chi connectivity index (χ2n) is 21.6. The number of rotatable bonds is 27. The zero-order valence-corrected chi connectivity index (χ0v) is 46.0. The van der Waals surface area contributed by atoms with Gasteiger partial charge in [-0.05, 0) is 118 Å². The molecular weight excluding hydrogens is 981 g/mol. The van der Waals surface area contributed by atoms with Crippen LogP contribution in [0.5, 0.6) is 23.0 Å². The number of carbonyl (C=O) groups is 6. The normalized spacial score (nSPS) is 12.5. The molecule has 414 valence electrons. The first kappa shape index (κ1) is 61.4. The maximum atomic E-state index is 13.8. The summed E-state index contributed by atoms with van der Waals surface area (Å²) in [7, 11) is 0. The van der Waals surface area contributed by atoms with Crippen LogP contribution < -0.4 is 29.6 Å². The Balaban J connectivity index is 1.35. The van der Waals surface area contributed by atoms with Crippen molar-refractivity contribution >= 4 is 35.7 Å². The average Bonchev–Trinajstić information content (AvgIpc) is 3.31. The Labute approximate surface area is 446 Å². The SMILES string of the molecule is CC(C)(C)OC(=O)C[C@H](NC(=O)c1cc(OCCOCCOCCOc2cc(OCc3ccccc3)cc(C(=O)N[C@@H](CC(=O)OC(C)(C)C)C(=O)OC(C)(C)C)c2)cc(OCc2ccccc2)c1)C(=O)OC(C)(C)C. The summed E-state index contributed by atoms with van der Waals surface area (Å²) in [5, 5.41) is 5.28. The van der Waals surface area contributed by atoms with Crippen LogP contribution in [0.4, 0.5) is 0 Å². The summed E-state index contributed by atoms with van der Waals surface area (Å²) in [6.45, 7) is 21.6. The molecule has 0 aromatic heterocycles. The van der Waals surface area contributed by atoms with Crippen LogP contribution in [0, 0.1) is 0 Å². The summed E-state index contributed by atoms with van der Waals surface area (Å²) in [6.07, 6.45) is -0.916. The van der Waals surface area contributed by atoms with Crippen molar-refractivity contribution in [3.05, 3.63) is 119 Å². The first-order chi connectivity index (χ1) is 35.6. The van der Waals surface area contributed by atoms with Gasteiger partial charge in [-0.1, -0.05) is 60.7 Å². The standard InChI is InChI=1S/C58H76N2O16/c1-55(2,3)73-49(61)35-47(53(65)75-57(7,8)9)59-51(63)41-29-43(33-45(31-41)71-37-39-19-15-13-16-20-39)69-27-25-67-23-24-68-26-28-70-44-30-42(32-46(34-44)72-38-40-21-17-14-18-22-40)52(64)60-48(54(66)76-58(10,11)12)36-50(62)74-56(4,5)6/h13-22,29-34,47-48H,23-28,35-38H2,1-12H3,(H,59,63)(H,60,64)/t47-,48-/m0/s1. The largest absolute Gasteiger partial charge is 0.491 e. The van der Waals surface area contributed by atoms with Gasteiger partial charge in [0.05, 0.1) is 39.3 Å². The third kappa shape index (κ3) is 24.9. The molecule has 4 aromatic carbocycles. The van der Waals surface area contributed by atoms with Gasteiger partial charge in [0.15, 0.2) is 0 Å². The highest BCUT2D eigenvalue weighted by Gasteiger charge is 2.33. The van der Waals surface area contributed by atoms with E-state index in [0.717, 1.165) is 11.1 Å². The van der Waals surface area contributed by atoms with Crippen LogP contribution in [0.1, 0.15) is 128 Å². The van der Waals surface area contributed by atoms with Crippen LogP contribution >= 0.6 is 0 Å². The van der Waals surface area contributed by atoms with Gasteiger partial charge >= 0.3 is 23.9 Å². The molecule has 4 aromatic rings. The average molecular weight is 1060 g/mol. The number of carbonyl (C=O) groups excluding carboxylic acids is 6. The zero-order chi connectivity index (χ0) is 56.1. The summed E-state index contributed by atoms with van der Waals surface area (Å²) >= 11 is 0. The molecule has 0 heterocycles. The lowest BCUT2D eigenvalue weighted by atomic mass is 10.1. The van der Waals surface area contributed by atoms with Crippen LogP contribution in [-0.2, 0) is 60.8 Å². The molecule has 0 saturated heterocycles. The van der Waals surface area contributed by atoms with E-state index in [1.165, 1.54) is 24.3 Å². The summed E-state index contributed by atoms with van der Waals surface area (Å²) in [6, 6.07) is 25.4. The van der Waals surface area contributed by atoms with E-state index in [4.69, 9.17) is 47.4 Å². The number of hydrogen-bond donors (Lipinski definition) is 2. The van der Waals surface area contributed by atoms with Gasteiger partial charge in [-0.15, -0.1) is 0 Å². The first-order valence-corrected chi connectivity index (χ1v) is 25.2. The Morgan fingerprint density at radius 1 is 0.395 bits per heavy atom. The molecule has 18 heteroatoms. The van der Waals surface area contributed by atoms with E-state index < -0.39 is 83.0 Å². The van der Waals surface area contributed by atoms with Crippen molar-refractivity contribution in [1.82, 2.24) is 10.6 Å². The van der Waals surface area contributed by atoms with E-state index in [1.54, 1.807) is 95.2 Å². The molecule has 0 saturated carbocycles. The molecule has 2 atom stereocenters. The fourth-order valence-corrected chi connectivity index (χ4v) is 6.69. The zero-order valence-electron chi connectivity index (χ0n) is 46.0. The molecule has 0 bridgehead atoms. The van der Waals surface area contributed by atoms with Crippen LogP contribution in [0.25, 0.3) is 0 Å². The lowest BCUT2D eigenvalue weighted by Crippen LogP contribution is -2.46. The molecule has 76 heavy (non-hydrogen) atoms. The number of hydrogen-bond acceptors (Lipinski definition) is 16. The number of nitrogens with one attached hydrogen (secondary N) is 2. The van der Waals surface area contributed by atoms with Crippen LogP contribution in [0.15, 0.2) is 97.1 Å². The summed E-state index contributed by atoms with van der Waals surface area (Å²) in [5.74, 6) is -3.14. The third-order valence-electron chi connectivity index (χ3n) is 9.72. The minimum atomic E-state index is -1.35. The summed E-state index contributed by atoms with van der Waals surface area (Å²) in [4.78, 5) is 79.7. The van der Waals surface area contributed by atoms with E-state index in [-0.39, 0.29) is 75.5 Å². The minimum absolute atomic E-state index is 0.0869. The van der Waals surface area contributed by atoms with Crippen molar-refractivity contribution in [1.29, 1.82) is 0 Å². The Hall–Kier alpha value is -7.18. The predicted molar refractivity (Wildman–Crippen MR) is 282 cm³/mol. The number of esters is 4. The van der Waals surface area contributed by atoms with E-state index in [9.17, 15) is 28.8 Å². The Kier molecular flexibility index (Phi) is 23.1. The molecule has 0 spiro atoms. The lowest BCUT2D eigenvalue weighted by Gasteiger charge is -2.26. The second-order valence-corrected chi connectivity index (χ2v) is 21.6. The fourth-order valence-electron chi connectivity index (χ4n) is 6.69. The quantitative estimate of drug-likeness (QED) is 0.0324. The molecular formula is C58H76N2O16. The van der Waals surface area contributed by atoms with Gasteiger partial charge in [0.2, 0.25) is 0 Å². The van der Waals surface area contributed by atoms with Gasteiger partial charge in [0.25, 0.3) is 11.8 Å². The van der Waals surface area contributed by atoms with Gasteiger partial charge in [0, 0.05) is 23.3 Å². The van der Waals surface area contributed by atoms with Gasteiger partial charge in [-0.3, -0.25) is 19.2 Å². The highest BCUT2D eigenvalue weighted by Crippen LogP contribution is 2.27. The van der Waals surface area contributed by atoms with Crippen molar-refractivity contribution in [2.75, 3.05) is 39.6 Å². The molecule has 0 aliphatic rings. The molecule has 4 rings (SSSR count). The third-order valence-corrected chi connectivity index (χ3v) is 9.72. The highest BCUT2D eigenvalue weighted by molar-refractivity contribution is 5.99. The van der Waals surface area contributed by atoms with Crippen LogP contribution in [-0.4, -0.2) is 110 Å². The van der Waals surface area contributed by atoms with E-state index in [0.29, 0.717) is 11.5 Å². The van der Waals surface area contributed by atoms with Gasteiger partial charge in [-0.25, -0.2) is 9.59 Å². The Bertz CT molecular complexity index is 2350. The molecule has 0 aliphatic carbocycles. The van der Waals surface area contributed by atoms with Crippen molar-refractivity contribution < 1.29 is 76.1 Å². The van der Waals surface area contributed by atoms with E-state index >= 15 is 0 Å². The predicted octanol–water partition coefficient (Wildman–Crippen LogP) is 8.68. The minimum Gasteiger partial charge on any atom is -0.491 e. The van der Waals surface area contributed by atoms with Crippen molar-refractivity contribution in [2.45, 2.75) is 144 Å². The maximum absolute atomic E-state index is 13.8.